The minimum absolute atomic E-state index is 0. The van der Waals surface area contributed by atoms with Gasteiger partial charge in [0.2, 0.25) is 23.1 Å². The van der Waals surface area contributed by atoms with Gasteiger partial charge in [0.25, 0.3) is 6.47 Å². The molecule has 0 spiro atoms. The predicted octanol–water partition coefficient (Wildman–Crippen LogP) is 3.13. The summed E-state index contributed by atoms with van der Waals surface area (Å²) in [7, 11) is 9.15. The molecule has 0 unspecified atom stereocenters. The number of alkyl halides is 1. The number of nitrogens with zero attached hydrogens (tertiary/aromatic N) is 3. The van der Waals surface area contributed by atoms with Gasteiger partial charge in [-0.2, -0.15) is 0 Å². The Labute approximate surface area is 486 Å². The van der Waals surface area contributed by atoms with Gasteiger partial charge < -0.3 is 49.5 Å². The summed E-state index contributed by atoms with van der Waals surface area (Å²) in [4.78, 5) is 50.5. The molecule has 2 fully saturated rings. The van der Waals surface area contributed by atoms with Crippen molar-refractivity contribution >= 4 is 34.0 Å². The van der Waals surface area contributed by atoms with Crippen molar-refractivity contribution in [1.82, 2.24) is 19.5 Å². The number of methoxy groups -OCH3 is 6. The number of halogens is 1. The number of hydrogen-bond acceptors (Lipinski definition) is 13. The third-order valence-corrected chi connectivity index (χ3v) is 11.7. The van der Waals surface area contributed by atoms with Crippen LogP contribution in [0.15, 0.2) is 97.3 Å². The van der Waals surface area contributed by atoms with Crippen molar-refractivity contribution in [3.63, 3.8) is 0 Å². The Bertz CT molecular complexity index is 2420. The third kappa shape index (κ3) is 15.8. The smallest absolute Gasteiger partial charge is 1.00 e. The maximum absolute atomic E-state index is 13.6. The van der Waals surface area contributed by atoms with Crippen LogP contribution in [0.2, 0.25) is 0 Å². The number of hydrogen-bond donors (Lipinski definition) is 1. The summed E-state index contributed by atoms with van der Waals surface area (Å²) in [6, 6.07) is 26.5. The van der Waals surface area contributed by atoms with Crippen LogP contribution in [0.25, 0.3) is 22.5 Å². The molecule has 0 saturated heterocycles. The van der Waals surface area contributed by atoms with E-state index in [-0.39, 0.29) is 134 Å². The average Bonchev–Trinajstić information content (AvgIpc) is 4.23. The Morgan fingerprint density at radius 3 is 1.52 bits per heavy atom. The Morgan fingerprint density at radius 2 is 1.12 bits per heavy atom. The molecular formula is C49H55BrK2N4O11. The molecule has 1 N–H and O–H groups in total. The van der Waals surface area contributed by atoms with Gasteiger partial charge in [-0.25, -0.2) is 9.97 Å². The molecule has 6 aromatic rings. The molecule has 2 aliphatic carbocycles. The molecule has 15 nitrogen and oxygen atoms in total. The molecule has 0 aliphatic heterocycles. The Kier molecular flexibility index (Phi) is 26.2. The van der Waals surface area contributed by atoms with Crippen molar-refractivity contribution in [3.8, 4) is 57.0 Å². The summed E-state index contributed by atoms with van der Waals surface area (Å²) in [5.74, 6) is 2.88. The standard InChI is InChI=1S/C24H26N2O4.C19H18N2O4.C5H9Br.CH2O3.2K.H/c1-28-20-13-17(14-21(29-2)23(20)30-3)22(27)24-25-19(16-9-5-4-6-10-16)15-26(24)18-11-7-8-12-18;1-23-15-9-13(10-16(24-2)18(15)25-3)17(22)19-20-11-14(21-19)12-7-5-4-6-8-12;6-5-3-1-2-4-5;2-1-4-3;;;/h4-6,9-10,13-15,18H,7-8,11-12H2,1-3H3;4-11H,1-3H3,(H,20,21);5H,1-4H2;1,3H;;;/q;;;;2*+1;-1/p-1. The minimum atomic E-state index is -0.263. The van der Waals surface area contributed by atoms with Crippen LogP contribution in [0.3, 0.4) is 0 Å². The van der Waals surface area contributed by atoms with Gasteiger partial charge in [-0.1, -0.05) is 102 Å². The SMILES string of the molecule is BrC1CCCC1.COc1cc(C(=O)c2nc(-c3ccccc3)cn2C2CCCC2)cc(OC)c1OC.COc1cc(C(=O)c2ncc(-c3ccccc3)[nH]2)cc(OC)c1OC.O=CO[O-].[H-].[K+].[K+]. The van der Waals surface area contributed by atoms with Gasteiger partial charge in [0.15, 0.2) is 34.6 Å². The number of imidazole rings is 2. The molecule has 2 aromatic heterocycles. The summed E-state index contributed by atoms with van der Waals surface area (Å²) in [5.41, 5.74) is 4.37. The van der Waals surface area contributed by atoms with E-state index in [1.165, 1.54) is 59.9 Å². The number of ketones is 2. The van der Waals surface area contributed by atoms with Crippen molar-refractivity contribution in [1.29, 1.82) is 0 Å². The maximum atomic E-state index is 13.6. The molecule has 2 saturated carbocycles. The molecule has 0 atom stereocenters. The van der Waals surface area contributed by atoms with Crippen LogP contribution in [-0.4, -0.2) is 85.0 Å². The fourth-order valence-electron chi connectivity index (χ4n) is 7.54. The van der Waals surface area contributed by atoms with E-state index in [9.17, 15) is 9.59 Å². The fourth-order valence-corrected chi connectivity index (χ4v) is 8.19. The monoisotopic (exact) mass is 1030 g/mol. The van der Waals surface area contributed by atoms with Crippen LogP contribution in [0.4, 0.5) is 0 Å². The average molecular weight is 1030 g/mol. The van der Waals surface area contributed by atoms with E-state index in [2.05, 4.69) is 35.4 Å². The van der Waals surface area contributed by atoms with Crippen LogP contribution in [0.5, 0.6) is 34.5 Å². The maximum Gasteiger partial charge on any atom is 1.00 e. The molecule has 2 heterocycles. The number of aromatic nitrogens is 4. The van der Waals surface area contributed by atoms with Gasteiger partial charge in [-0.05, 0) is 55.5 Å². The normalized spacial score (nSPS) is 12.7. The molecule has 0 radical (unpaired) electrons. The zero-order valence-corrected chi connectivity index (χ0v) is 47.2. The number of aromatic amines is 1. The molecule has 0 bridgehead atoms. The Morgan fingerprint density at radius 1 is 0.687 bits per heavy atom. The summed E-state index contributed by atoms with van der Waals surface area (Å²) in [6.45, 7) is -0.181. The van der Waals surface area contributed by atoms with Gasteiger partial charge in [-0.15, -0.1) is 0 Å². The zero-order chi connectivity index (χ0) is 46.7. The topological polar surface area (TPSA) is 185 Å². The summed E-state index contributed by atoms with van der Waals surface area (Å²) < 4.78 is 34.2. The van der Waals surface area contributed by atoms with E-state index in [0.29, 0.717) is 51.4 Å². The number of nitrogens with one attached hydrogen (secondary N) is 1. The Hall–Kier alpha value is -3.38. The second kappa shape index (κ2) is 30.3. The first-order chi connectivity index (χ1) is 31.6. The van der Waals surface area contributed by atoms with Gasteiger partial charge >= 0.3 is 103 Å². The summed E-state index contributed by atoms with van der Waals surface area (Å²) in [5, 5.41) is 8.43. The number of carbonyl (C=O) groups excluding carboxylic acids is 3. The second-order valence-corrected chi connectivity index (χ2v) is 16.0. The summed E-state index contributed by atoms with van der Waals surface area (Å²) >= 11 is 3.54. The molecule has 8 rings (SSSR count). The van der Waals surface area contributed by atoms with E-state index < -0.39 is 0 Å². The molecular weight excluding hydrogens is 979 g/mol. The first-order valence-corrected chi connectivity index (χ1v) is 21.9. The van der Waals surface area contributed by atoms with Crippen molar-refractivity contribution in [3.05, 3.63) is 120 Å². The van der Waals surface area contributed by atoms with Crippen LogP contribution < -0.4 is 136 Å². The quantitative estimate of drug-likeness (QED) is 0.0420. The van der Waals surface area contributed by atoms with E-state index in [4.69, 9.17) is 43.5 Å². The molecule has 4 aromatic carbocycles. The number of H-pyrrole nitrogens is 1. The first-order valence-electron chi connectivity index (χ1n) is 20.9. The van der Waals surface area contributed by atoms with Crippen molar-refractivity contribution in [2.45, 2.75) is 62.2 Å². The first kappa shape index (κ1) is 57.9. The second-order valence-electron chi connectivity index (χ2n) is 14.7. The molecule has 2 aliphatic rings. The van der Waals surface area contributed by atoms with Gasteiger partial charge in [0, 0.05) is 33.8 Å². The molecule has 346 valence electrons. The number of rotatable bonds is 14. The van der Waals surface area contributed by atoms with Gasteiger partial charge in [-0.3, -0.25) is 14.4 Å². The van der Waals surface area contributed by atoms with Gasteiger partial charge in [0.05, 0.1) is 60.2 Å². The van der Waals surface area contributed by atoms with Crippen LogP contribution in [0.1, 0.15) is 91.2 Å². The van der Waals surface area contributed by atoms with E-state index in [1.54, 1.807) is 51.8 Å². The zero-order valence-electron chi connectivity index (χ0n) is 40.3. The van der Waals surface area contributed by atoms with Crippen LogP contribution in [0, 0.1) is 0 Å². The Balaban J connectivity index is 0.000000377. The van der Waals surface area contributed by atoms with E-state index >= 15 is 0 Å². The predicted molar refractivity (Wildman–Crippen MR) is 248 cm³/mol. The largest absolute Gasteiger partial charge is 1.00 e. The van der Waals surface area contributed by atoms with Crippen molar-refractivity contribution in [2.75, 3.05) is 42.7 Å². The van der Waals surface area contributed by atoms with Gasteiger partial charge in [0.1, 0.15) is 0 Å². The minimum Gasteiger partial charge on any atom is -1.00 e. The molecule has 18 heteroatoms. The van der Waals surface area contributed by atoms with Crippen LogP contribution in [-0.2, 0) is 9.68 Å². The van der Waals surface area contributed by atoms with Crippen LogP contribution >= 0.6 is 15.9 Å². The number of ether oxygens (including phenoxy) is 6. The van der Waals surface area contributed by atoms with E-state index in [1.807, 2.05) is 66.9 Å². The van der Waals surface area contributed by atoms with Crippen molar-refractivity contribution in [2.24, 2.45) is 0 Å². The fraction of sp³-hybridized carbons (Fsp3) is 0.327. The molecule has 67 heavy (non-hydrogen) atoms. The summed E-state index contributed by atoms with van der Waals surface area (Å²) in [6.07, 6.45) is 13.8. The van der Waals surface area contributed by atoms with E-state index in [0.717, 1.165) is 40.2 Å². The molecule has 0 amide bonds. The van der Waals surface area contributed by atoms with Crippen molar-refractivity contribution < 1.29 is 157 Å². The number of carbonyl (C=O) groups is 3. The third-order valence-electron chi connectivity index (χ3n) is 10.8. The number of benzene rings is 4.